The smallest absolute Gasteiger partial charge is 0.308 e. The van der Waals surface area contributed by atoms with Gasteiger partial charge in [0.1, 0.15) is 0 Å². The van der Waals surface area contributed by atoms with E-state index in [2.05, 4.69) is 5.10 Å². The summed E-state index contributed by atoms with van der Waals surface area (Å²) < 4.78 is 1.61. The fourth-order valence-electron chi connectivity index (χ4n) is 2.35. The molecule has 0 aliphatic carbocycles. The Morgan fingerprint density at radius 1 is 1.53 bits per heavy atom. The molecule has 1 aliphatic rings. The van der Waals surface area contributed by atoms with Crippen LogP contribution in [0.15, 0.2) is 12.4 Å². The van der Waals surface area contributed by atoms with E-state index in [1.807, 2.05) is 0 Å². The molecule has 0 bridgehead atoms. The number of nitrogens with zero attached hydrogens (tertiary/aromatic N) is 3. The second kappa shape index (κ2) is 4.20. The maximum absolute atomic E-state index is 11.7. The number of amides is 1. The third kappa shape index (κ3) is 2.02. The van der Waals surface area contributed by atoms with Gasteiger partial charge in [0.25, 0.3) is 0 Å². The summed E-state index contributed by atoms with van der Waals surface area (Å²) in [6.45, 7) is 0. The number of carboxylic acids is 1. The number of carbonyl (C=O) groups excluding carboxylic acids is 1. The summed E-state index contributed by atoms with van der Waals surface area (Å²) in [5, 5.41) is 13.2. The molecule has 2 atom stereocenters. The number of hydrogen-bond donors (Lipinski definition) is 1. The van der Waals surface area contributed by atoms with Crippen molar-refractivity contribution in [3.05, 3.63) is 18.0 Å². The summed E-state index contributed by atoms with van der Waals surface area (Å²) in [5.74, 6) is -1.43. The van der Waals surface area contributed by atoms with Crippen LogP contribution in [0.2, 0.25) is 0 Å². The van der Waals surface area contributed by atoms with Gasteiger partial charge in [-0.05, 0) is 6.42 Å². The Bertz CT molecular complexity index is 455. The molecule has 1 saturated heterocycles. The molecule has 1 amide bonds. The first-order chi connectivity index (χ1) is 8.00. The average Bonchev–Trinajstić information content (AvgIpc) is 2.68. The van der Waals surface area contributed by atoms with E-state index >= 15 is 0 Å². The molecule has 17 heavy (non-hydrogen) atoms. The van der Waals surface area contributed by atoms with Crippen LogP contribution in [-0.4, -0.2) is 38.7 Å². The van der Waals surface area contributed by atoms with Crippen molar-refractivity contribution >= 4 is 11.9 Å². The Morgan fingerprint density at radius 2 is 2.24 bits per heavy atom. The number of piperidine rings is 1. The van der Waals surface area contributed by atoms with Crippen molar-refractivity contribution in [1.29, 1.82) is 0 Å². The van der Waals surface area contributed by atoms with Crippen molar-refractivity contribution in [3.63, 3.8) is 0 Å². The molecule has 0 aromatic carbocycles. The fourth-order valence-corrected chi connectivity index (χ4v) is 2.35. The second-order valence-corrected chi connectivity index (χ2v) is 4.38. The number of hydrogen-bond acceptors (Lipinski definition) is 3. The zero-order valence-corrected chi connectivity index (χ0v) is 9.83. The van der Waals surface area contributed by atoms with Crippen molar-refractivity contribution in [2.75, 3.05) is 7.05 Å². The molecule has 0 saturated carbocycles. The molecule has 0 spiro atoms. The molecule has 2 heterocycles. The van der Waals surface area contributed by atoms with Crippen LogP contribution in [0, 0.1) is 5.92 Å². The number of aryl methyl sites for hydroxylation is 1. The number of carboxylic acid groups (broad SMARTS) is 1. The minimum absolute atomic E-state index is 0.0173. The van der Waals surface area contributed by atoms with Crippen molar-refractivity contribution < 1.29 is 14.7 Å². The van der Waals surface area contributed by atoms with Crippen LogP contribution < -0.4 is 0 Å². The predicted octanol–water partition coefficient (Wildman–Crippen LogP) is 0.414. The highest BCUT2D eigenvalue weighted by Gasteiger charge is 2.39. The predicted molar refractivity (Wildman–Crippen MR) is 59.1 cm³/mol. The Labute approximate surface area is 98.8 Å². The molecular formula is C11H15N3O3. The Morgan fingerprint density at radius 3 is 2.76 bits per heavy atom. The molecule has 6 heteroatoms. The van der Waals surface area contributed by atoms with Crippen LogP contribution in [0.3, 0.4) is 0 Å². The van der Waals surface area contributed by atoms with Gasteiger partial charge in [0.05, 0.1) is 18.2 Å². The molecule has 0 radical (unpaired) electrons. The van der Waals surface area contributed by atoms with E-state index in [1.54, 1.807) is 31.2 Å². The van der Waals surface area contributed by atoms with Crippen molar-refractivity contribution in [3.8, 4) is 0 Å². The molecule has 0 unspecified atom stereocenters. The van der Waals surface area contributed by atoms with E-state index in [0.29, 0.717) is 12.8 Å². The first-order valence-electron chi connectivity index (χ1n) is 5.47. The summed E-state index contributed by atoms with van der Waals surface area (Å²) >= 11 is 0. The maximum atomic E-state index is 11.7. The van der Waals surface area contributed by atoms with E-state index < -0.39 is 17.9 Å². The fraction of sp³-hybridized carbons (Fsp3) is 0.545. The first kappa shape index (κ1) is 11.6. The minimum Gasteiger partial charge on any atom is -0.481 e. The zero-order chi connectivity index (χ0) is 12.6. The maximum Gasteiger partial charge on any atom is 0.308 e. The number of aromatic nitrogens is 2. The van der Waals surface area contributed by atoms with E-state index in [9.17, 15) is 14.7 Å². The van der Waals surface area contributed by atoms with E-state index in [0.717, 1.165) is 5.56 Å². The van der Waals surface area contributed by atoms with Gasteiger partial charge in [-0.3, -0.25) is 14.3 Å². The molecule has 2 rings (SSSR count). The molecular weight excluding hydrogens is 222 g/mol. The Hall–Kier alpha value is -1.85. The van der Waals surface area contributed by atoms with Crippen LogP contribution in [0.4, 0.5) is 0 Å². The van der Waals surface area contributed by atoms with Crippen LogP contribution in [-0.2, 0) is 16.6 Å². The van der Waals surface area contributed by atoms with Gasteiger partial charge in [0.15, 0.2) is 0 Å². The number of rotatable bonds is 2. The number of likely N-dealkylation sites (tertiary alicyclic amines) is 1. The van der Waals surface area contributed by atoms with Gasteiger partial charge in [-0.1, -0.05) is 0 Å². The lowest BCUT2D eigenvalue weighted by Gasteiger charge is -2.36. The van der Waals surface area contributed by atoms with Gasteiger partial charge >= 0.3 is 5.97 Å². The van der Waals surface area contributed by atoms with Crippen LogP contribution in [0.1, 0.15) is 24.4 Å². The standard InChI is InChI=1S/C11H15N3O3/c1-13-6-7(5-12-13)10-8(11(16)17)3-4-9(15)14(10)2/h5-6,8,10H,3-4H2,1-2H3,(H,16,17)/t8-,10+/m1/s1. The molecule has 1 aromatic heterocycles. The number of carbonyl (C=O) groups is 2. The van der Waals surface area contributed by atoms with Gasteiger partial charge in [-0.15, -0.1) is 0 Å². The highest BCUT2D eigenvalue weighted by molar-refractivity contribution is 5.81. The molecule has 92 valence electrons. The lowest BCUT2D eigenvalue weighted by molar-refractivity contribution is -0.150. The molecule has 1 fully saturated rings. The van der Waals surface area contributed by atoms with Gasteiger partial charge in [-0.2, -0.15) is 5.10 Å². The highest BCUT2D eigenvalue weighted by Crippen LogP contribution is 2.35. The summed E-state index contributed by atoms with van der Waals surface area (Å²) in [6, 6.07) is -0.414. The lowest BCUT2D eigenvalue weighted by Crippen LogP contribution is -2.42. The third-order valence-corrected chi connectivity index (χ3v) is 3.24. The van der Waals surface area contributed by atoms with Crippen molar-refractivity contribution in [2.24, 2.45) is 13.0 Å². The molecule has 1 aliphatic heterocycles. The topological polar surface area (TPSA) is 75.4 Å². The molecule has 1 aromatic rings. The normalized spacial score (nSPS) is 25.1. The third-order valence-electron chi connectivity index (χ3n) is 3.24. The van der Waals surface area contributed by atoms with Gasteiger partial charge in [-0.25, -0.2) is 0 Å². The second-order valence-electron chi connectivity index (χ2n) is 4.38. The van der Waals surface area contributed by atoms with Crippen LogP contribution >= 0.6 is 0 Å². The molecule has 6 nitrogen and oxygen atoms in total. The van der Waals surface area contributed by atoms with E-state index in [4.69, 9.17) is 0 Å². The SMILES string of the molecule is CN1C(=O)CC[C@@H](C(=O)O)[C@@H]1c1cnn(C)c1. The molecule has 1 N–H and O–H groups in total. The van der Waals surface area contributed by atoms with E-state index in [-0.39, 0.29) is 5.91 Å². The van der Waals surface area contributed by atoms with Crippen LogP contribution in [0.25, 0.3) is 0 Å². The average molecular weight is 237 g/mol. The summed E-state index contributed by atoms with van der Waals surface area (Å²) in [6.07, 6.45) is 4.06. The van der Waals surface area contributed by atoms with Gasteiger partial charge in [0.2, 0.25) is 5.91 Å². The van der Waals surface area contributed by atoms with Crippen molar-refractivity contribution in [2.45, 2.75) is 18.9 Å². The zero-order valence-electron chi connectivity index (χ0n) is 9.83. The quantitative estimate of drug-likeness (QED) is 0.808. The summed E-state index contributed by atoms with van der Waals surface area (Å²) in [5.41, 5.74) is 0.774. The minimum atomic E-state index is -0.863. The first-order valence-corrected chi connectivity index (χ1v) is 5.47. The summed E-state index contributed by atoms with van der Waals surface area (Å²) in [7, 11) is 3.42. The number of aliphatic carboxylic acids is 1. The van der Waals surface area contributed by atoms with Crippen LogP contribution in [0.5, 0.6) is 0 Å². The Balaban J connectivity index is 2.36. The lowest BCUT2D eigenvalue weighted by atomic mass is 9.86. The van der Waals surface area contributed by atoms with Gasteiger partial charge < -0.3 is 10.0 Å². The largest absolute Gasteiger partial charge is 0.481 e. The highest BCUT2D eigenvalue weighted by atomic mass is 16.4. The monoisotopic (exact) mass is 237 g/mol. The van der Waals surface area contributed by atoms with Gasteiger partial charge in [0, 0.05) is 32.3 Å². The van der Waals surface area contributed by atoms with E-state index in [1.165, 1.54) is 4.90 Å². The van der Waals surface area contributed by atoms with Crippen molar-refractivity contribution in [1.82, 2.24) is 14.7 Å². The Kier molecular flexibility index (Phi) is 2.87. The summed E-state index contributed by atoms with van der Waals surface area (Å²) in [4.78, 5) is 24.4.